The van der Waals surface area contributed by atoms with Gasteiger partial charge in [0, 0.05) is 11.3 Å². The fourth-order valence-electron chi connectivity index (χ4n) is 1.30. The third kappa shape index (κ3) is 3.79. The average molecular weight is 236 g/mol. The summed E-state index contributed by atoms with van der Waals surface area (Å²) in [6.07, 6.45) is 0.272. The van der Waals surface area contributed by atoms with E-state index in [2.05, 4.69) is 5.32 Å². The lowest BCUT2D eigenvalue weighted by molar-refractivity contribution is 0.1000. The Morgan fingerprint density at radius 2 is 2.12 bits per heavy atom. The number of aryl methyl sites for hydroxylation is 1. The lowest BCUT2D eigenvalue weighted by atomic mass is 10.1. The number of primary amides is 1. The van der Waals surface area contributed by atoms with Crippen molar-refractivity contribution in [2.45, 2.75) is 20.3 Å². The van der Waals surface area contributed by atoms with Crippen molar-refractivity contribution in [2.24, 2.45) is 5.73 Å². The number of hydrogen-bond donors (Lipinski definition) is 2. The van der Waals surface area contributed by atoms with Crippen molar-refractivity contribution in [3.63, 3.8) is 0 Å². The fraction of sp³-hybridized carbons (Fsp3) is 0.333. The van der Waals surface area contributed by atoms with Crippen LogP contribution >= 0.6 is 0 Å². The number of ether oxygens (including phenoxy) is 1. The molecule has 0 radical (unpaired) electrons. The van der Waals surface area contributed by atoms with Crippen molar-refractivity contribution in [1.82, 2.24) is 0 Å². The van der Waals surface area contributed by atoms with Gasteiger partial charge >= 0.3 is 6.09 Å². The van der Waals surface area contributed by atoms with E-state index in [1.807, 2.05) is 6.92 Å². The molecule has 92 valence electrons. The van der Waals surface area contributed by atoms with Gasteiger partial charge in [0.15, 0.2) is 0 Å². The molecule has 3 N–H and O–H groups in total. The Balaban J connectivity index is 2.72. The number of benzene rings is 1. The van der Waals surface area contributed by atoms with Gasteiger partial charge in [-0.1, -0.05) is 6.92 Å². The molecule has 0 saturated heterocycles. The third-order valence-electron chi connectivity index (χ3n) is 2.18. The molecular formula is C12H16N2O3. The maximum absolute atomic E-state index is 11.3. The highest BCUT2D eigenvalue weighted by Gasteiger charge is 2.07. The molecule has 0 aliphatic heterocycles. The van der Waals surface area contributed by atoms with Crippen LogP contribution in [-0.2, 0) is 4.74 Å². The van der Waals surface area contributed by atoms with E-state index in [-0.39, 0.29) is 0 Å². The third-order valence-corrected chi connectivity index (χ3v) is 2.18. The maximum Gasteiger partial charge on any atom is 0.411 e. The Labute approximate surface area is 99.9 Å². The molecule has 0 atom stereocenters. The van der Waals surface area contributed by atoms with E-state index < -0.39 is 12.0 Å². The molecule has 0 aliphatic carbocycles. The summed E-state index contributed by atoms with van der Waals surface area (Å²) in [4.78, 5) is 22.3. The zero-order valence-electron chi connectivity index (χ0n) is 9.95. The minimum atomic E-state index is -0.498. The number of nitrogens with one attached hydrogen (secondary N) is 1. The van der Waals surface area contributed by atoms with Gasteiger partial charge < -0.3 is 10.5 Å². The van der Waals surface area contributed by atoms with Crippen LogP contribution in [0.3, 0.4) is 0 Å². The largest absolute Gasteiger partial charge is 0.449 e. The van der Waals surface area contributed by atoms with Crippen molar-refractivity contribution in [1.29, 1.82) is 0 Å². The van der Waals surface area contributed by atoms with E-state index in [0.717, 1.165) is 12.0 Å². The molecule has 17 heavy (non-hydrogen) atoms. The van der Waals surface area contributed by atoms with Crippen LogP contribution in [0.4, 0.5) is 10.5 Å². The Hall–Kier alpha value is -2.04. The summed E-state index contributed by atoms with van der Waals surface area (Å²) in [6, 6.07) is 4.81. The minimum absolute atomic E-state index is 0.379. The molecule has 0 fully saturated rings. The van der Waals surface area contributed by atoms with Gasteiger partial charge in [0.05, 0.1) is 6.61 Å². The van der Waals surface area contributed by atoms with Crippen molar-refractivity contribution in [3.8, 4) is 0 Å². The second-order valence-corrected chi connectivity index (χ2v) is 3.65. The van der Waals surface area contributed by atoms with Gasteiger partial charge in [-0.2, -0.15) is 0 Å². The standard InChI is InChI=1S/C12H16N2O3/c1-3-6-17-12(16)14-10-5-4-9(11(13)15)7-8(10)2/h4-5,7H,3,6H2,1-2H3,(H2,13,15)(H,14,16). The topological polar surface area (TPSA) is 81.4 Å². The predicted octanol–water partition coefficient (Wildman–Crippen LogP) is 2.05. The van der Waals surface area contributed by atoms with E-state index in [9.17, 15) is 9.59 Å². The van der Waals surface area contributed by atoms with Crippen molar-refractivity contribution in [2.75, 3.05) is 11.9 Å². The summed E-state index contributed by atoms with van der Waals surface area (Å²) in [5.41, 5.74) is 6.93. The maximum atomic E-state index is 11.3. The number of rotatable bonds is 4. The smallest absolute Gasteiger partial charge is 0.411 e. The number of carbonyl (C=O) groups is 2. The quantitative estimate of drug-likeness (QED) is 0.839. The number of hydrogen-bond acceptors (Lipinski definition) is 3. The summed E-state index contributed by atoms with van der Waals surface area (Å²) in [5, 5.41) is 2.60. The van der Waals surface area contributed by atoms with Gasteiger partial charge in [0.25, 0.3) is 0 Å². The van der Waals surface area contributed by atoms with Crippen LogP contribution in [0.5, 0.6) is 0 Å². The minimum Gasteiger partial charge on any atom is -0.449 e. The second-order valence-electron chi connectivity index (χ2n) is 3.65. The van der Waals surface area contributed by atoms with Crippen molar-refractivity contribution < 1.29 is 14.3 Å². The highest BCUT2D eigenvalue weighted by molar-refractivity contribution is 5.94. The summed E-state index contributed by atoms with van der Waals surface area (Å²) in [6.45, 7) is 4.08. The molecule has 0 aromatic heterocycles. The zero-order chi connectivity index (χ0) is 12.8. The molecule has 0 heterocycles. The van der Waals surface area contributed by atoms with Crippen LogP contribution in [0.25, 0.3) is 0 Å². The Morgan fingerprint density at radius 3 is 2.65 bits per heavy atom. The molecule has 2 amide bonds. The Bertz CT molecular complexity index is 430. The lowest BCUT2D eigenvalue weighted by Crippen LogP contribution is -2.16. The number of anilines is 1. The van der Waals surface area contributed by atoms with Crippen LogP contribution in [0, 0.1) is 6.92 Å². The zero-order valence-corrected chi connectivity index (χ0v) is 9.95. The number of nitrogens with two attached hydrogens (primary N) is 1. The molecule has 1 aromatic rings. The van der Waals surface area contributed by atoms with Gasteiger partial charge in [-0.05, 0) is 37.1 Å². The van der Waals surface area contributed by atoms with Crippen molar-refractivity contribution >= 4 is 17.7 Å². The molecule has 0 aliphatic rings. The predicted molar refractivity (Wildman–Crippen MR) is 65.0 cm³/mol. The first kappa shape index (κ1) is 13.0. The first-order valence-electron chi connectivity index (χ1n) is 5.38. The number of carbonyl (C=O) groups excluding carboxylic acids is 2. The van der Waals surface area contributed by atoms with E-state index in [0.29, 0.717) is 17.9 Å². The first-order valence-corrected chi connectivity index (χ1v) is 5.38. The molecule has 0 spiro atoms. The Morgan fingerprint density at radius 1 is 1.41 bits per heavy atom. The number of amides is 2. The molecule has 5 heteroatoms. The molecule has 0 unspecified atom stereocenters. The summed E-state index contributed by atoms with van der Waals surface area (Å²) in [7, 11) is 0. The van der Waals surface area contributed by atoms with E-state index >= 15 is 0 Å². The molecule has 0 bridgehead atoms. The van der Waals surface area contributed by atoms with Gasteiger partial charge in [-0.25, -0.2) is 4.79 Å². The van der Waals surface area contributed by atoms with E-state index in [1.54, 1.807) is 25.1 Å². The van der Waals surface area contributed by atoms with Gasteiger partial charge in [0.1, 0.15) is 0 Å². The van der Waals surface area contributed by atoms with Crippen molar-refractivity contribution in [3.05, 3.63) is 29.3 Å². The molecule has 1 rings (SSSR count). The summed E-state index contributed by atoms with van der Waals surface area (Å²) >= 11 is 0. The lowest BCUT2D eigenvalue weighted by Gasteiger charge is -2.09. The SMILES string of the molecule is CCCOC(=O)Nc1ccc(C(N)=O)cc1C. The molecular weight excluding hydrogens is 220 g/mol. The van der Waals surface area contributed by atoms with Gasteiger partial charge in [0.2, 0.25) is 5.91 Å². The van der Waals surface area contributed by atoms with Gasteiger partial charge in [-0.3, -0.25) is 10.1 Å². The van der Waals surface area contributed by atoms with Crippen LogP contribution in [0.15, 0.2) is 18.2 Å². The first-order chi connectivity index (χ1) is 8.04. The summed E-state index contributed by atoms with van der Waals surface area (Å²) < 4.78 is 4.89. The summed E-state index contributed by atoms with van der Waals surface area (Å²) in [5.74, 6) is -0.492. The highest BCUT2D eigenvalue weighted by Crippen LogP contribution is 2.16. The molecule has 5 nitrogen and oxygen atoms in total. The van der Waals surface area contributed by atoms with Crippen LogP contribution in [0.1, 0.15) is 29.3 Å². The highest BCUT2D eigenvalue weighted by atomic mass is 16.5. The van der Waals surface area contributed by atoms with Crippen LogP contribution in [0.2, 0.25) is 0 Å². The Kier molecular flexibility index (Phi) is 4.51. The van der Waals surface area contributed by atoms with E-state index in [4.69, 9.17) is 10.5 Å². The molecule has 1 aromatic carbocycles. The van der Waals surface area contributed by atoms with E-state index in [1.165, 1.54) is 0 Å². The van der Waals surface area contributed by atoms with Crippen LogP contribution < -0.4 is 11.1 Å². The monoisotopic (exact) mass is 236 g/mol. The van der Waals surface area contributed by atoms with Crippen LogP contribution in [-0.4, -0.2) is 18.6 Å². The fourth-order valence-corrected chi connectivity index (χ4v) is 1.30. The average Bonchev–Trinajstić information content (AvgIpc) is 2.28. The van der Waals surface area contributed by atoms with Gasteiger partial charge in [-0.15, -0.1) is 0 Å². The normalized spacial score (nSPS) is 9.76. The second kappa shape index (κ2) is 5.89. The molecule has 0 saturated carbocycles.